The fourth-order valence-electron chi connectivity index (χ4n) is 3.89. The Labute approximate surface area is 170 Å². The summed E-state index contributed by atoms with van der Waals surface area (Å²) in [7, 11) is 0. The summed E-state index contributed by atoms with van der Waals surface area (Å²) >= 11 is 6.00. The van der Waals surface area contributed by atoms with Crippen LogP contribution < -0.4 is 5.32 Å². The van der Waals surface area contributed by atoms with E-state index in [1.807, 2.05) is 66.4 Å². The molecule has 1 aliphatic heterocycles. The number of benzene rings is 2. The molecule has 2 aromatic rings. The zero-order valence-corrected chi connectivity index (χ0v) is 16.8. The average molecular weight is 397 g/mol. The van der Waals surface area contributed by atoms with Crippen LogP contribution >= 0.6 is 11.6 Å². The van der Waals surface area contributed by atoms with Gasteiger partial charge in [-0.2, -0.15) is 0 Å². The van der Waals surface area contributed by atoms with Crippen LogP contribution in [0.5, 0.6) is 0 Å². The number of hydrogen-bond donors (Lipinski definition) is 1. The van der Waals surface area contributed by atoms with Gasteiger partial charge in [-0.3, -0.25) is 9.59 Å². The maximum absolute atomic E-state index is 13.0. The second-order valence-electron chi connectivity index (χ2n) is 8.16. The second kappa shape index (κ2) is 7.59. The van der Waals surface area contributed by atoms with Gasteiger partial charge in [0.25, 0.3) is 0 Å². The fraction of sp³-hybridized carbons (Fsp3) is 0.391. The number of nitrogens with zero attached hydrogens (tertiary/aromatic N) is 1. The van der Waals surface area contributed by atoms with Gasteiger partial charge in [-0.25, -0.2) is 0 Å². The molecule has 2 aliphatic rings. The van der Waals surface area contributed by atoms with Crippen molar-refractivity contribution in [2.45, 2.75) is 38.1 Å². The summed E-state index contributed by atoms with van der Waals surface area (Å²) in [5.41, 5.74) is 1.52. The minimum Gasteiger partial charge on any atom is -0.353 e. The van der Waals surface area contributed by atoms with Crippen LogP contribution in [0.2, 0.25) is 5.02 Å². The Morgan fingerprint density at radius 1 is 1.11 bits per heavy atom. The maximum Gasteiger partial charge on any atom is 0.230 e. The average Bonchev–Trinajstić information content (AvgIpc) is 3.49. The zero-order valence-electron chi connectivity index (χ0n) is 16.0. The highest BCUT2D eigenvalue weighted by Gasteiger charge is 2.52. The lowest BCUT2D eigenvalue weighted by atomic mass is 9.73. The minimum absolute atomic E-state index is 0.0707. The number of nitrogens with one attached hydrogen (secondary N) is 1. The lowest BCUT2D eigenvalue weighted by molar-refractivity contribution is -0.154. The summed E-state index contributed by atoms with van der Waals surface area (Å²) in [6.45, 7) is 2.86. The predicted octanol–water partition coefficient (Wildman–Crippen LogP) is 3.79. The van der Waals surface area contributed by atoms with E-state index in [1.54, 1.807) is 0 Å². The van der Waals surface area contributed by atoms with E-state index in [-0.39, 0.29) is 17.7 Å². The molecular weight excluding hydrogens is 372 g/mol. The van der Waals surface area contributed by atoms with Gasteiger partial charge in [0.1, 0.15) is 0 Å². The molecule has 1 unspecified atom stereocenters. The number of likely N-dealkylation sites (tertiary alicyclic amines) is 1. The normalized spacial score (nSPS) is 18.9. The first-order valence-corrected chi connectivity index (χ1v) is 10.2. The summed E-state index contributed by atoms with van der Waals surface area (Å²) in [6, 6.07) is 17.7. The van der Waals surface area contributed by atoms with Crippen LogP contribution in [-0.2, 0) is 16.0 Å². The van der Waals surface area contributed by atoms with Crippen molar-refractivity contribution in [3.05, 3.63) is 70.7 Å². The minimum atomic E-state index is -0.553. The van der Waals surface area contributed by atoms with Gasteiger partial charge in [-0.1, -0.05) is 54.1 Å². The van der Waals surface area contributed by atoms with Crippen LogP contribution in [0.4, 0.5) is 0 Å². The van der Waals surface area contributed by atoms with Gasteiger partial charge in [-0.05, 0) is 49.4 Å². The van der Waals surface area contributed by atoms with E-state index < -0.39 is 5.41 Å². The Balaban J connectivity index is 1.48. The molecule has 4 rings (SSSR count). The number of rotatable bonds is 6. The molecule has 2 amide bonds. The molecule has 1 aliphatic carbocycles. The molecule has 1 saturated heterocycles. The Hall–Kier alpha value is -2.33. The Bertz CT molecular complexity index is 856. The first-order valence-electron chi connectivity index (χ1n) is 9.86. The van der Waals surface area contributed by atoms with E-state index >= 15 is 0 Å². The Kier molecular flexibility index (Phi) is 5.15. The number of carbonyl (C=O) groups excluding carboxylic acids is 2. The summed E-state index contributed by atoms with van der Waals surface area (Å²) in [5, 5.41) is 3.83. The van der Waals surface area contributed by atoms with E-state index in [1.165, 1.54) is 0 Å². The van der Waals surface area contributed by atoms with Crippen molar-refractivity contribution in [1.82, 2.24) is 10.2 Å². The lowest BCUT2D eigenvalue weighted by Gasteiger charge is -2.49. The van der Waals surface area contributed by atoms with E-state index in [0.717, 1.165) is 24.0 Å². The number of halogens is 1. The van der Waals surface area contributed by atoms with Gasteiger partial charge in [0, 0.05) is 24.2 Å². The monoisotopic (exact) mass is 396 g/mol. The highest BCUT2D eigenvalue weighted by atomic mass is 35.5. The van der Waals surface area contributed by atoms with Crippen LogP contribution in [-0.4, -0.2) is 35.8 Å². The number of hydrogen-bond acceptors (Lipinski definition) is 2. The van der Waals surface area contributed by atoms with Gasteiger partial charge in [0.15, 0.2) is 0 Å². The van der Waals surface area contributed by atoms with Crippen molar-refractivity contribution in [3.63, 3.8) is 0 Å². The van der Waals surface area contributed by atoms with Gasteiger partial charge in [0.2, 0.25) is 11.8 Å². The summed E-state index contributed by atoms with van der Waals surface area (Å²) < 4.78 is 0. The predicted molar refractivity (Wildman–Crippen MR) is 110 cm³/mol. The van der Waals surface area contributed by atoms with Gasteiger partial charge in [0.05, 0.1) is 11.3 Å². The first kappa shape index (κ1) is 19.0. The fourth-order valence-corrected chi connectivity index (χ4v) is 4.02. The van der Waals surface area contributed by atoms with Crippen molar-refractivity contribution in [2.24, 2.45) is 5.41 Å². The van der Waals surface area contributed by atoms with Crippen LogP contribution in [0.25, 0.3) is 0 Å². The molecular formula is C23H25ClN2O2. The van der Waals surface area contributed by atoms with Crippen LogP contribution in [0.1, 0.15) is 36.8 Å². The maximum atomic E-state index is 13.0. The summed E-state index contributed by atoms with van der Waals surface area (Å²) in [4.78, 5) is 27.8. The highest BCUT2D eigenvalue weighted by molar-refractivity contribution is 6.30. The molecule has 2 fully saturated rings. The largest absolute Gasteiger partial charge is 0.353 e. The van der Waals surface area contributed by atoms with Crippen molar-refractivity contribution >= 4 is 23.4 Å². The zero-order chi connectivity index (χ0) is 19.7. The van der Waals surface area contributed by atoms with E-state index in [0.29, 0.717) is 30.6 Å². The molecule has 0 aromatic heterocycles. The van der Waals surface area contributed by atoms with Crippen molar-refractivity contribution < 1.29 is 9.59 Å². The molecule has 1 heterocycles. The van der Waals surface area contributed by atoms with Crippen molar-refractivity contribution in [3.8, 4) is 0 Å². The third kappa shape index (κ3) is 3.93. The topological polar surface area (TPSA) is 49.4 Å². The Morgan fingerprint density at radius 3 is 2.36 bits per heavy atom. The number of carbonyl (C=O) groups is 2. The molecule has 5 heteroatoms. The Morgan fingerprint density at radius 2 is 1.75 bits per heavy atom. The molecule has 4 nitrogen and oxygen atoms in total. The molecule has 0 spiro atoms. The number of amides is 2. The van der Waals surface area contributed by atoms with Crippen LogP contribution in [0, 0.1) is 5.41 Å². The molecule has 1 saturated carbocycles. The van der Waals surface area contributed by atoms with E-state index in [9.17, 15) is 9.59 Å². The van der Waals surface area contributed by atoms with E-state index in [4.69, 9.17) is 11.6 Å². The molecule has 0 radical (unpaired) electrons. The van der Waals surface area contributed by atoms with Gasteiger partial charge < -0.3 is 10.2 Å². The third-order valence-electron chi connectivity index (χ3n) is 5.82. The molecule has 146 valence electrons. The standard InChI is InChI=1S/C23H25ClN2O2/c1-16(18-5-3-2-4-6-18)21(27)26-14-23(15-26,22(28)25-20-11-12-20)13-17-7-9-19(24)10-8-17/h2-10,16,20H,11-15H2,1H3,(H,25,28). The summed E-state index contributed by atoms with van der Waals surface area (Å²) in [6.07, 6.45) is 2.72. The lowest BCUT2D eigenvalue weighted by Crippen LogP contribution is -2.66. The molecule has 1 atom stereocenters. The third-order valence-corrected chi connectivity index (χ3v) is 6.07. The second-order valence-corrected chi connectivity index (χ2v) is 8.59. The molecule has 28 heavy (non-hydrogen) atoms. The van der Waals surface area contributed by atoms with Gasteiger partial charge in [-0.15, -0.1) is 0 Å². The highest BCUT2D eigenvalue weighted by Crippen LogP contribution is 2.38. The smallest absolute Gasteiger partial charge is 0.230 e. The molecule has 1 N–H and O–H groups in total. The first-order chi connectivity index (χ1) is 13.5. The van der Waals surface area contributed by atoms with Crippen molar-refractivity contribution in [1.29, 1.82) is 0 Å². The SMILES string of the molecule is CC(C(=O)N1CC(Cc2ccc(Cl)cc2)(C(=O)NC2CC2)C1)c1ccccc1. The molecule has 2 aromatic carbocycles. The van der Waals surface area contributed by atoms with Gasteiger partial charge >= 0.3 is 0 Å². The quantitative estimate of drug-likeness (QED) is 0.807. The van der Waals surface area contributed by atoms with Crippen LogP contribution in [0.15, 0.2) is 54.6 Å². The van der Waals surface area contributed by atoms with E-state index in [2.05, 4.69) is 5.32 Å². The summed E-state index contributed by atoms with van der Waals surface area (Å²) in [5.74, 6) is -0.0558. The van der Waals surface area contributed by atoms with Crippen molar-refractivity contribution in [2.75, 3.05) is 13.1 Å². The van der Waals surface area contributed by atoms with Crippen LogP contribution in [0.3, 0.4) is 0 Å². The molecule has 0 bridgehead atoms.